The molecule has 0 atom stereocenters. The number of aliphatic imine (C=N–C) groups is 1. The number of anilines is 1. The molecule has 3 rings (SSSR count). The summed E-state index contributed by atoms with van der Waals surface area (Å²) < 4.78 is 0. The van der Waals surface area contributed by atoms with Crippen molar-refractivity contribution in [3.63, 3.8) is 0 Å². The summed E-state index contributed by atoms with van der Waals surface area (Å²) in [5.74, 6) is 0.903. The van der Waals surface area contributed by atoms with Gasteiger partial charge in [0.15, 0.2) is 5.96 Å². The number of benzene rings is 2. The zero-order valence-corrected chi connectivity index (χ0v) is 13.3. The lowest BCUT2D eigenvalue weighted by molar-refractivity contribution is 0.882. The van der Waals surface area contributed by atoms with Crippen molar-refractivity contribution in [1.82, 2.24) is 5.32 Å². The molecule has 116 valence electrons. The van der Waals surface area contributed by atoms with Crippen LogP contribution < -0.4 is 10.2 Å². The van der Waals surface area contributed by atoms with Gasteiger partial charge in [-0.3, -0.25) is 0 Å². The highest BCUT2D eigenvalue weighted by atomic mass is 15.3. The van der Waals surface area contributed by atoms with Crippen molar-refractivity contribution in [2.75, 3.05) is 18.0 Å². The minimum absolute atomic E-state index is 0.566. The van der Waals surface area contributed by atoms with Crippen LogP contribution in [0.25, 0.3) is 0 Å². The number of nitrogens with zero attached hydrogens (tertiary/aromatic N) is 3. The van der Waals surface area contributed by atoms with Gasteiger partial charge in [0, 0.05) is 18.8 Å². The van der Waals surface area contributed by atoms with Crippen molar-refractivity contribution in [3.05, 3.63) is 65.2 Å². The van der Waals surface area contributed by atoms with E-state index in [0.29, 0.717) is 12.1 Å². The van der Waals surface area contributed by atoms with E-state index in [0.717, 1.165) is 31.0 Å². The van der Waals surface area contributed by atoms with Crippen LogP contribution in [0.1, 0.15) is 23.6 Å². The molecule has 0 radical (unpaired) electrons. The van der Waals surface area contributed by atoms with Crippen LogP contribution in [-0.2, 0) is 13.0 Å². The Kier molecular flexibility index (Phi) is 4.58. The van der Waals surface area contributed by atoms with Gasteiger partial charge in [-0.05, 0) is 42.7 Å². The molecule has 0 fully saturated rings. The van der Waals surface area contributed by atoms with Crippen molar-refractivity contribution in [3.8, 4) is 6.07 Å². The van der Waals surface area contributed by atoms with Gasteiger partial charge in [-0.15, -0.1) is 0 Å². The molecule has 2 aromatic carbocycles. The van der Waals surface area contributed by atoms with Crippen molar-refractivity contribution >= 4 is 11.6 Å². The van der Waals surface area contributed by atoms with Crippen LogP contribution >= 0.6 is 0 Å². The molecule has 1 N–H and O–H groups in total. The molecule has 0 spiro atoms. The summed E-state index contributed by atoms with van der Waals surface area (Å²) in [5, 5.41) is 12.4. The third kappa shape index (κ3) is 3.35. The molecule has 2 aromatic rings. The largest absolute Gasteiger partial charge is 0.356 e. The second-order valence-corrected chi connectivity index (χ2v) is 5.51. The number of nitrogens with one attached hydrogen (secondary N) is 1. The van der Waals surface area contributed by atoms with E-state index < -0.39 is 0 Å². The van der Waals surface area contributed by atoms with Crippen LogP contribution in [0.4, 0.5) is 5.69 Å². The van der Waals surface area contributed by atoms with Gasteiger partial charge in [0.2, 0.25) is 0 Å². The summed E-state index contributed by atoms with van der Waals surface area (Å²) in [6, 6.07) is 18.3. The summed E-state index contributed by atoms with van der Waals surface area (Å²) in [4.78, 5) is 7.01. The van der Waals surface area contributed by atoms with E-state index in [1.807, 2.05) is 24.3 Å². The molecule has 0 unspecified atom stereocenters. The minimum Gasteiger partial charge on any atom is -0.356 e. The lowest BCUT2D eigenvalue weighted by Gasteiger charge is -2.22. The molecule has 0 amide bonds. The molecule has 0 saturated heterocycles. The van der Waals surface area contributed by atoms with Crippen LogP contribution in [0.5, 0.6) is 0 Å². The Balaban J connectivity index is 1.83. The van der Waals surface area contributed by atoms with Gasteiger partial charge >= 0.3 is 0 Å². The standard InChI is InChI=1S/C19H20N4/c1-2-21-19(22-14-16-7-5-6-15(12-16)13-20)23-11-10-17-8-3-4-9-18(17)23/h3-9,12H,2,10-11,14H2,1H3,(H,21,22). The average Bonchev–Trinajstić information content (AvgIpc) is 3.03. The van der Waals surface area contributed by atoms with Crippen LogP contribution in [0.15, 0.2) is 53.5 Å². The number of fused-ring (bicyclic) bond motifs is 1. The summed E-state index contributed by atoms with van der Waals surface area (Å²) in [6.07, 6.45) is 1.05. The van der Waals surface area contributed by atoms with E-state index in [9.17, 15) is 0 Å². The molecule has 1 heterocycles. The Bertz CT molecular complexity index is 758. The number of hydrogen-bond acceptors (Lipinski definition) is 2. The Morgan fingerprint density at radius 3 is 2.96 bits per heavy atom. The van der Waals surface area contributed by atoms with E-state index in [2.05, 4.69) is 47.5 Å². The Morgan fingerprint density at radius 2 is 2.13 bits per heavy atom. The number of rotatable bonds is 3. The van der Waals surface area contributed by atoms with Crippen LogP contribution in [0, 0.1) is 11.3 Å². The highest BCUT2D eigenvalue weighted by Crippen LogP contribution is 2.27. The summed E-state index contributed by atoms with van der Waals surface area (Å²) >= 11 is 0. The van der Waals surface area contributed by atoms with Gasteiger partial charge in [-0.1, -0.05) is 30.3 Å². The predicted octanol–water partition coefficient (Wildman–Crippen LogP) is 3.09. The number of hydrogen-bond donors (Lipinski definition) is 1. The van der Waals surface area contributed by atoms with Gasteiger partial charge < -0.3 is 10.2 Å². The molecule has 0 aliphatic carbocycles. The maximum absolute atomic E-state index is 9.00. The van der Waals surface area contributed by atoms with Gasteiger partial charge in [0.1, 0.15) is 0 Å². The second kappa shape index (κ2) is 6.97. The lowest BCUT2D eigenvalue weighted by atomic mass is 10.1. The maximum atomic E-state index is 9.00. The first-order valence-corrected chi connectivity index (χ1v) is 7.94. The molecule has 23 heavy (non-hydrogen) atoms. The van der Waals surface area contributed by atoms with Crippen molar-refractivity contribution in [2.45, 2.75) is 19.9 Å². The fourth-order valence-corrected chi connectivity index (χ4v) is 2.86. The molecule has 0 bridgehead atoms. The fourth-order valence-electron chi connectivity index (χ4n) is 2.86. The third-order valence-electron chi connectivity index (χ3n) is 3.95. The van der Waals surface area contributed by atoms with Gasteiger partial charge in [0.05, 0.1) is 18.2 Å². The van der Waals surface area contributed by atoms with Gasteiger partial charge in [-0.2, -0.15) is 5.26 Å². The van der Waals surface area contributed by atoms with Gasteiger partial charge in [-0.25, -0.2) is 4.99 Å². The van der Waals surface area contributed by atoms with Crippen molar-refractivity contribution in [1.29, 1.82) is 5.26 Å². The van der Waals surface area contributed by atoms with Crippen LogP contribution in [0.3, 0.4) is 0 Å². The van der Waals surface area contributed by atoms with E-state index in [-0.39, 0.29) is 0 Å². The van der Waals surface area contributed by atoms with Gasteiger partial charge in [0.25, 0.3) is 0 Å². The Labute approximate surface area is 137 Å². The van der Waals surface area contributed by atoms with Crippen molar-refractivity contribution in [2.24, 2.45) is 4.99 Å². The normalized spacial score (nSPS) is 13.6. The number of guanidine groups is 1. The molecule has 1 aliphatic rings. The first-order valence-electron chi connectivity index (χ1n) is 7.94. The highest BCUT2D eigenvalue weighted by molar-refractivity contribution is 5.97. The molecule has 4 nitrogen and oxygen atoms in total. The zero-order valence-electron chi connectivity index (χ0n) is 13.3. The Morgan fingerprint density at radius 1 is 1.26 bits per heavy atom. The Hall–Kier alpha value is -2.80. The molecule has 1 aliphatic heterocycles. The van der Waals surface area contributed by atoms with Crippen LogP contribution in [0.2, 0.25) is 0 Å². The second-order valence-electron chi connectivity index (χ2n) is 5.51. The van der Waals surface area contributed by atoms with E-state index in [4.69, 9.17) is 10.3 Å². The van der Waals surface area contributed by atoms with E-state index >= 15 is 0 Å². The third-order valence-corrected chi connectivity index (χ3v) is 3.95. The summed E-state index contributed by atoms with van der Waals surface area (Å²) in [5.41, 5.74) is 4.32. The zero-order chi connectivity index (χ0) is 16.1. The topological polar surface area (TPSA) is 51.4 Å². The molecular weight excluding hydrogens is 284 g/mol. The molecule has 4 heteroatoms. The maximum Gasteiger partial charge on any atom is 0.198 e. The first-order chi connectivity index (χ1) is 11.3. The highest BCUT2D eigenvalue weighted by Gasteiger charge is 2.22. The van der Waals surface area contributed by atoms with E-state index in [1.54, 1.807) is 0 Å². The number of nitriles is 1. The molecule has 0 saturated carbocycles. The lowest BCUT2D eigenvalue weighted by Crippen LogP contribution is -2.40. The fraction of sp³-hybridized carbons (Fsp3) is 0.263. The van der Waals surface area contributed by atoms with Crippen LogP contribution in [-0.4, -0.2) is 19.0 Å². The molecular formula is C19H20N4. The summed E-state index contributed by atoms with van der Waals surface area (Å²) in [7, 11) is 0. The smallest absolute Gasteiger partial charge is 0.198 e. The van der Waals surface area contributed by atoms with E-state index in [1.165, 1.54) is 11.3 Å². The average molecular weight is 304 g/mol. The van der Waals surface area contributed by atoms with Crippen molar-refractivity contribution < 1.29 is 0 Å². The quantitative estimate of drug-likeness (QED) is 0.700. The summed E-state index contributed by atoms with van der Waals surface area (Å²) in [6.45, 7) is 4.42. The SMILES string of the molecule is CCNC(=NCc1cccc(C#N)c1)N1CCc2ccccc21. The monoisotopic (exact) mass is 304 g/mol. The number of para-hydroxylation sites is 1. The first kappa shape index (κ1) is 15.1. The minimum atomic E-state index is 0.566. The predicted molar refractivity (Wildman–Crippen MR) is 93.5 cm³/mol. The molecule has 0 aromatic heterocycles.